The van der Waals surface area contributed by atoms with E-state index in [4.69, 9.17) is 0 Å². The molecule has 7 heteroatoms. The fraction of sp³-hybridized carbons (Fsp3) is 0.263. The second kappa shape index (κ2) is 14.4. The maximum atomic E-state index is 13.9. The van der Waals surface area contributed by atoms with Crippen LogP contribution in [0, 0.1) is 6.92 Å². The van der Waals surface area contributed by atoms with Gasteiger partial charge in [-0.15, -0.1) is 11.8 Å². The summed E-state index contributed by atoms with van der Waals surface area (Å²) in [4.78, 5) is 40.3. The van der Waals surface area contributed by atoms with Crippen LogP contribution in [0.4, 0.5) is 0 Å². The molecule has 0 aliphatic carbocycles. The molecule has 5 rings (SSSR count). The number of benzene rings is 4. The Kier molecular flexibility index (Phi) is 10.4. The van der Waals surface area contributed by atoms with E-state index in [1.807, 2.05) is 67.6 Å². The molecule has 0 spiro atoms. The highest BCUT2D eigenvalue weighted by atomic mass is 32.2. The summed E-state index contributed by atoms with van der Waals surface area (Å²) in [5.41, 5.74) is 6.43. The van der Waals surface area contributed by atoms with Crippen LogP contribution in [0.5, 0.6) is 0 Å². The van der Waals surface area contributed by atoms with E-state index >= 15 is 0 Å². The van der Waals surface area contributed by atoms with Gasteiger partial charge in [-0.25, -0.2) is 4.40 Å². The minimum atomic E-state index is -0.192. The predicted octanol–water partition coefficient (Wildman–Crippen LogP) is 9.87. The van der Waals surface area contributed by atoms with Crippen molar-refractivity contribution < 1.29 is 14.4 Å². The highest BCUT2D eigenvalue weighted by Crippen LogP contribution is 2.32. The molecule has 45 heavy (non-hydrogen) atoms. The van der Waals surface area contributed by atoms with Gasteiger partial charge in [0.05, 0.1) is 5.71 Å². The van der Waals surface area contributed by atoms with Crippen molar-refractivity contribution in [3.8, 4) is 0 Å². The van der Waals surface area contributed by atoms with Gasteiger partial charge in [0.1, 0.15) is 0 Å². The standard InChI is InChI=1S/C38H38N2O3S2/c1-6-24(3)27-12-16-30(17-13-27)44-21-20-34(39-45-26(5)41)38(43)29-15-19-36-33(23-29)32-22-28(14-18-35(32)40(36)7-2)37(42)31-11-9-8-10-25(31)4/h8-19,22-24H,6-7,20-21H2,1-5H3. The molecule has 0 fully saturated rings. The number of thioether (sulfide) groups is 1. The predicted molar refractivity (Wildman–Crippen MR) is 190 cm³/mol. The van der Waals surface area contributed by atoms with Crippen molar-refractivity contribution in [1.82, 2.24) is 4.57 Å². The third-order valence-electron chi connectivity index (χ3n) is 8.31. The monoisotopic (exact) mass is 634 g/mol. The van der Waals surface area contributed by atoms with Crippen molar-refractivity contribution in [3.63, 3.8) is 0 Å². The number of fused-ring (bicyclic) bond motifs is 3. The summed E-state index contributed by atoms with van der Waals surface area (Å²) in [7, 11) is 0. The Balaban J connectivity index is 1.45. The number of carbonyl (C=O) groups excluding carboxylic acids is 3. The van der Waals surface area contributed by atoms with E-state index in [0.29, 0.717) is 40.5 Å². The molecule has 0 saturated carbocycles. The number of nitrogens with zero attached hydrogens (tertiary/aromatic N) is 2. The fourth-order valence-electron chi connectivity index (χ4n) is 5.59. The molecular weight excluding hydrogens is 597 g/mol. The second-order valence-corrected chi connectivity index (χ2v) is 13.4. The molecule has 0 radical (unpaired) electrons. The number of carbonyl (C=O) groups is 3. The Labute approximate surface area is 273 Å². The lowest BCUT2D eigenvalue weighted by molar-refractivity contribution is -0.109. The summed E-state index contributed by atoms with van der Waals surface area (Å²) in [6.07, 6.45) is 1.53. The molecule has 0 bridgehead atoms. The van der Waals surface area contributed by atoms with E-state index in [1.54, 1.807) is 11.8 Å². The maximum absolute atomic E-state index is 13.9. The van der Waals surface area contributed by atoms with Crippen LogP contribution in [0.1, 0.15) is 83.9 Å². The topological polar surface area (TPSA) is 68.5 Å². The van der Waals surface area contributed by atoms with Crippen LogP contribution in [0.15, 0.2) is 94.2 Å². The van der Waals surface area contributed by atoms with Gasteiger partial charge in [0.2, 0.25) is 10.9 Å². The zero-order chi connectivity index (χ0) is 32.1. The van der Waals surface area contributed by atoms with Crippen molar-refractivity contribution in [1.29, 1.82) is 0 Å². The van der Waals surface area contributed by atoms with E-state index in [0.717, 1.165) is 57.2 Å². The Morgan fingerprint density at radius 2 is 1.49 bits per heavy atom. The first-order valence-corrected chi connectivity index (χ1v) is 17.2. The average molecular weight is 635 g/mol. The normalized spacial score (nSPS) is 12.5. The van der Waals surface area contributed by atoms with Crippen LogP contribution in [0.25, 0.3) is 21.8 Å². The van der Waals surface area contributed by atoms with Gasteiger partial charge in [-0.2, -0.15) is 0 Å². The van der Waals surface area contributed by atoms with E-state index < -0.39 is 0 Å². The fourth-order valence-corrected chi connectivity index (χ4v) is 6.86. The molecule has 0 aliphatic rings. The lowest BCUT2D eigenvalue weighted by Crippen LogP contribution is -2.15. The summed E-state index contributed by atoms with van der Waals surface area (Å²) >= 11 is 2.49. The van der Waals surface area contributed by atoms with Crippen molar-refractivity contribution in [2.75, 3.05) is 5.75 Å². The lowest BCUT2D eigenvalue weighted by Gasteiger charge is -2.10. The molecule has 5 nitrogen and oxygen atoms in total. The SMILES string of the molecule is CCC(C)c1ccc(SCCC(=NSC(C)=O)C(=O)c2ccc3c(c2)c2cc(C(=O)c4ccccc4C)ccc2n3CC)cc1. The minimum absolute atomic E-state index is 0.0256. The zero-order valence-electron chi connectivity index (χ0n) is 26.4. The first-order chi connectivity index (χ1) is 21.7. The number of hydrogen-bond acceptors (Lipinski definition) is 6. The number of rotatable bonds is 12. The third kappa shape index (κ3) is 7.15. The molecule has 0 aliphatic heterocycles. The number of Topliss-reactive ketones (excluding diaryl/α,β-unsaturated/α-hetero) is 1. The summed E-state index contributed by atoms with van der Waals surface area (Å²) in [6, 6.07) is 27.7. The molecule has 5 aromatic rings. The van der Waals surface area contributed by atoms with Crippen LogP contribution < -0.4 is 0 Å². The van der Waals surface area contributed by atoms with Gasteiger partial charge in [-0.05, 0) is 85.8 Å². The Morgan fingerprint density at radius 1 is 0.844 bits per heavy atom. The quantitative estimate of drug-likeness (QED) is 0.0591. The van der Waals surface area contributed by atoms with Gasteiger partial charge in [0.25, 0.3) is 0 Å². The van der Waals surface area contributed by atoms with Crippen molar-refractivity contribution in [2.45, 2.75) is 64.8 Å². The van der Waals surface area contributed by atoms with Gasteiger partial charge in [-0.3, -0.25) is 14.4 Å². The third-order valence-corrected chi connectivity index (χ3v) is 9.89. The first kappa shape index (κ1) is 32.5. The molecule has 1 aromatic heterocycles. The molecular formula is C38H38N2O3S2. The smallest absolute Gasteiger partial charge is 0.207 e. The van der Waals surface area contributed by atoms with Crippen molar-refractivity contribution in [2.24, 2.45) is 4.40 Å². The average Bonchev–Trinajstić information content (AvgIpc) is 3.37. The molecule has 230 valence electrons. The maximum Gasteiger partial charge on any atom is 0.207 e. The Bertz CT molecular complexity index is 1920. The number of hydrogen-bond donors (Lipinski definition) is 0. The molecule has 1 atom stereocenters. The molecule has 0 N–H and O–H groups in total. The summed E-state index contributed by atoms with van der Waals surface area (Å²) in [5.74, 6) is 0.964. The Morgan fingerprint density at radius 3 is 2.11 bits per heavy atom. The van der Waals surface area contributed by atoms with Gasteiger partial charge in [0.15, 0.2) is 5.78 Å². The zero-order valence-corrected chi connectivity index (χ0v) is 28.1. The van der Waals surface area contributed by atoms with Crippen LogP contribution in [-0.4, -0.2) is 32.7 Å². The largest absolute Gasteiger partial charge is 0.341 e. The van der Waals surface area contributed by atoms with Crippen LogP contribution in [0.3, 0.4) is 0 Å². The van der Waals surface area contributed by atoms with E-state index in [2.05, 4.69) is 54.0 Å². The van der Waals surface area contributed by atoms with E-state index in [9.17, 15) is 14.4 Å². The molecule has 0 saturated heterocycles. The summed E-state index contributed by atoms with van der Waals surface area (Å²) in [6.45, 7) is 10.6. The first-order valence-electron chi connectivity index (χ1n) is 15.4. The van der Waals surface area contributed by atoms with Gasteiger partial charge < -0.3 is 4.57 Å². The summed E-state index contributed by atoms with van der Waals surface area (Å²) in [5, 5.41) is 1.67. The van der Waals surface area contributed by atoms with Gasteiger partial charge in [-0.1, -0.05) is 50.2 Å². The minimum Gasteiger partial charge on any atom is -0.341 e. The highest BCUT2D eigenvalue weighted by Gasteiger charge is 2.20. The number of ketones is 2. The van der Waals surface area contributed by atoms with E-state index in [-0.39, 0.29) is 16.7 Å². The number of aromatic nitrogens is 1. The highest BCUT2D eigenvalue weighted by molar-refractivity contribution is 8.12. The van der Waals surface area contributed by atoms with Crippen molar-refractivity contribution >= 4 is 67.9 Å². The molecule has 4 aromatic carbocycles. The molecule has 1 heterocycles. The van der Waals surface area contributed by atoms with E-state index in [1.165, 1.54) is 12.5 Å². The van der Waals surface area contributed by atoms with Crippen LogP contribution >= 0.6 is 23.7 Å². The van der Waals surface area contributed by atoms with Gasteiger partial charge in [0, 0.05) is 81.0 Å². The number of aryl methyl sites for hydroxylation is 2. The lowest BCUT2D eigenvalue weighted by atomic mass is 9.97. The summed E-state index contributed by atoms with van der Waals surface area (Å²) < 4.78 is 6.59. The Hall–Kier alpha value is -3.94. The second-order valence-electron chi connectivity index (χ2n) is 11.3. The van der Waals surface area contributed by atoms with Crippen molar-refractivity contribution in [3.05, 3.63) is 113 Å². The van der Waals surface area contributed by atoms with Gasteiger partial charge >= 0.3 is 0 Å². The molecule has 1 unspecified atom stereocenters. The van der Waals surface area contributed by atoms with Crippen LogP contribution in [-0.2, 0) is 11.3 Å². The molecule has 0 amide bonds. The van der Waals surface area contributed by atoms with Crippen LogP contribution in [0.2, 0.25) is 0 Å².